The molecule has 1 heterocycles. The minimum atomic E-state index is -0.396. The number of hydrogen-bond donors (Lipinski definition) is 0. The van der Waals surface area contributed by atoms with Crippen molar-refractivity contribution in [2.45, 2.75) is 0 Å². The van der Waals surface area contributed by atoms with Gasteiger partial charge in [0, 0.05) is 16.3 Å². The van der Waals surface area contributed by atoms with E-state index in [0.29, 0.717) is 22.5 Å². The van der Waals surface area contributed by atoms with Crippen LogP contribution in [-0.2, 0) is 0 Å². The van der Waals surface area contributed by atoms with Crippen molar-refractivity contribution in [3.8, 4) is 22.6 Å². The Balaban J connectivity index is 2.13. The van der Waals surface area contributed by atoms with Gasteiger partial charge in [-0.15, -0.1) is 0 Å². The molecule has 4 nitrogen and oxygen atoms in total. The lowest BCUT2D eigenvalue weighted by atomic mass is 10.00. The van der Waals surface area contributed by atoms with Gasteiger partial charge in [-0.3, -0.25) is 0 Å². The molecule has 0 fully saturated rings. The van der Waals surface area contributed by atoms with E-state index in [0.717, 1.165) is 21.9 Å². The minimum absolute atomic E-state index is 0.396. The highest BCUT2D eigenvalue weighted by atomic mass is 16.5. The zero-order chi connectivity index (χ0) is 17.4. The molecule has 0 saturated heterocycles. The second kappa shape index (κ2) is 5.98. The van der Waals surface area contributed by atoms with Crippen molar-refractivity contribution in [3.63, 3.8) is 0 Å². The van der Waals surface area contributed by atoms with E-state index in [-0.39, 0.29) is 0 Å². The molecule has 4 rings (SSSR count). The van der Waals surface area contributed by atoms with E-state index in [1.165, 1.54) is 0 Å². The van der Waals surface area contributed by atoms with Gasteiger partial charge in [0.25, 0.3) is 0 Å². The summed E-state index contributed by atoms with van der Waals surface area (Å²) < 4.78 is 16.4. The molecule has 0 unspecified atom stereocenters. The van der Waals surface area contributed by atoms with Crippen LogP contribution in [0.25, 0.3) is 32.9 Å². The molecule has 0 atom stereocenters. The van der Waals surface area contributed by atoms with E-state index in [2.05, 4.69) is 0 Å². The van der Waals surface area contributed by atoms with Gasteiger partial charge >= 0.3 is 5.63 Å². The summed E-state index contributed by atoms with van der Waals surface area (Å²) in [7, 11) is 3.12. The van der Waals surface area contributed by atoms with Gasteiger partial charge in [-0.2, -0.15) is 0 Å². The average Bonchev–Trinajstić information content (AvgIpc) is 2.67. The van der Waals surface area contributed by atoms with Gasteiger partial charge in [-0.1, -0.05) is 48.5 Å². The molecule has 4 heteroatoms. The number of ether oxygens (including phenoxy) is 2. The highest BCUT2D eigenvalue weighted by Gasteiger charge is 2.15. The Morgan fingerprint density at radius 3 is 2.12 bits per heavy atom. The summed E-state index contributed by atoms with van der Waals surface area (Å²) in [6.07, 6.45) is 0. The minimum Gasteiger partial charge on any atom is -0.493 e. The lowest BCUT2D eigenvalue weighted by Crippen LogP contribution is -2.02. The predicted octanol–water partition coefficient (Wildman–Crippen LogP) is 4.63. The summed E-state index contributed by atoms with van der Waals surface area (Å²) in [5, 5.41) is 2.11. The summed E-state index contributed by atoms with van der Waals surface area (Å²) >= 11 is 0. The molecule has 0 aliphatic rings. The molecule has 1 aromatic heterocycles. The zero-order valence-electron chi connectivity index (χ0n) is 13.9. The molecule has 25 heavy (non-hydrogen) atoms. The molecule has 0 bridgehead atoms. The van der Waals surface area contributed by atoms with Crippen molar-refractivity contribution >= 4 is 21.7 Å². The number of para-hydroxylation sites is 1. The fourth-order valence-corrected chi connectivity index (χ4v) is 3.12. The quantitative estimate of drug-likeness (QED) is 0.405. The molecule has 0 N–H and O–H groups in total. The number of methoxy groups -OCH3 is 2. The van der Waals surface area contributed by atoms with Crippen molar-refractivity contribution in [2.24, 2.45) is 0 Å². The van der Waals surface area contributed by atoms with E-state index in [1.807, 2.05) is 54.6 Å². The summed E-state index contributed by atoms with van der Waals surface area (Å²) in [5.74, 6) is 1.08. The molecule has 0 spiro atoms. The van der Waals surface area contributed by atoms with E-state index >= 15 is 0 Å². The third-order valence-corrected chi connectivity index (χ3v) is 4.33. The Kier molecular flexibility index (Phi) is 3.65. The van der Waals surface area contributed by atoms with Crippen LogP contribution in [0.1, 0.15) is 0 Å². The third-order valence-electron chi connectivity index (χ3n) is 4.33. The van der Waals surface area contributed by atoms with Crippen LogP contribution >= 0.6 is 0 Å². The van der Waals surface area contributed by atoms with E-state index in [1.54, 1.807) is 20.3 Å². The second-order valence-corrected chi connectivity index (χ2v) is 5.69. The van der Waals surface area contributed by atoms with Crippen molar-refractivity contribution in [1.29, 1.82) is 0 Å². The first kappa shape index (κ1) is 15.3. The Bertz CT molecular complexity index is 1130. The first-order chi connectivity index (χ1) is 12.2. The number of hydrogen-bond acceptors (Lipinski definition) is 4. The molecule has 124 valence electrons. The molecule has 4 aromatic rings. The Hall–Kier alpha value is -3.27. The van der Waals surface area contributed by atoms with Gasteiger partial charge in [0.1, 0.15) is 5.58 Å². The van der Waals surface area contributed by atoms with Gasteiger partial charge in [-0.05, 0) is 17.7 Å². The maximum Gasteiger partial charge on any atom is 0.344 e. The van der Waals surface area contributed by atoms with Crippen LogP contribution in [0, 0.1) is 0 Å². The predicted molar refractivity (Wildman–Crippen MR) is 98.5 cm³/mol. The maximum absolute atomic E-state index is 12.6. The molecular formula is C21H16O4. The number of fused-ring (bicyclic) bond motifs is 3. The average molecular weight is 332 g/mol. The van der Waals surface area contributed by atoms with Gasteiger partial charge in [0.15, 0.2) is 11.5 Å². The topological polar surface area (TPSA) is 48.7 Å². The first-order valence-electron chi connectivity index (χ1n) is 7.90. The zero-order valence-corrected chi connectivity index (χ0v) is 13.9. The summed E-state index contributed by atoms with van der Waals surface area (Å²) in [6.45, 7) is 0. The van der Waals surface area contributed by atoms with Crippen molar-refractivity contribution in [1.82, 2.24) is 0 Å². The van der Waals surface area contributed by atoms with E-state index in [4.69, 9.17) is 13.9 Å². The number of rotatable bonds is 3. The molecule has 0 radical (unpaired) electrons. The Labute approximate surface area is 144 Å². The summed E-state index contributed by atoms with van der Waals surface area (Å²) in [5.41, 5.74) is 2.05. The summed E-state index contributed by atoms with van der Waals surface area (Å²) in [4.78, 5) is 12.6. The van der Waals surface area contributed by atoms with Crippen LogP contribution < -0.4 is 15.1 Å². The van der Waals surface area contributed by atoms with Crippen molar-refractivity contribution in [2.75, 3.05) is 14.2 Å². The fraction of sp³-hybridized carbons (Fsp3) is 0.0952. The van der Waals surface area contributed by atoms with Crippen LogP contribution in [0.2, 0.25) is 0 Å². The lowest BCUT2D eigenvalue weighted by Gasteiger charge is -2.11. The molecule has 0 amide bonds. The van der Waals surface area contributed by atoms with E-state index < -0.39 is 5.63 Å². The molecule has 0 aliphatic carbocycles. The SMILES string of the molecule is COc1cc2c(=O)oc3c(-c4ccccc4)cccc3c2cc1OC. The lowest BCUT2D eigenvalue weighted by molar-refractivity contribution is 0.355. The monoisotopic (exact) mass is 332 g/mol. The molecule has 0 saturated carbocycles. The fourth-order valence-electron chi connectivity index (χ4n) is 3.12. The Morgan fingerprint density at radius 1 is 0.760 bits per heavy atom. The van der Waals surface area contributed by atoms with Gasteiger partial charge < -0.3 is 13.9 Å². The third kappa shape index (κ3) is 2.43. The highest BCUT2D eigenvalue weighted by molar-refractivity contribution is 6.09. The Morgan fingerprint density at radius 2 is 1.44 bits per heavy atom. The smallest absolute Gasteiger partial charge is 0.344 e. The normalized spacial score (nSPS) is 11.0. The van der Waals surface area contributed by atoms with Crippen LogP contribution in [0.4, 0.5) is 0 Å². The molecule has 0 aliphatic heterocycles. The van der Waals surface area contributed by atoms with Gasteiger partial charge in [-0.25, -0.2) is 4.79 Å². The standard InChI is InChI=1S/C21H16O4/c1-23-18-11-16-15-10-6-9-14(13-7-4-3-5-8-13)20(15)25-21(22)17(16)12-19(18)24-2/h3-12H,1-2H3. The summed E-state index contributed by atoms with van der Waals surface area (Å²) in [6, 6.07) is 19.2. The number of benzene rings is 3. The van der Waals surface area contributed by atoms with Crippen LogP contribution in [-0.4, -0.2) is 14.2 Å². The van der Waals surface area contributed by atoms with Gasteiger partial charge in [0.2, 0.25) is 0 Å². The van der Waals surface area contributed by atoms with Crippen LogP contribution in [0.5, 0.6) is 11.5 Å². The highest BCUT2D eigenvalue weighted by Crippen LogP contribution is 2.36. The first-order valence-corrected chi connectivity index (χ1v) is 7.90. The maximum atomic E-state index is 12.6. The van der Waals surface area contributed by atoms with Crippen molar-refractivity contribution in [3.05, 3.63) is 71.1 Å². The second-order valence-electron chi connectivity index (χ2n) is 5.69. The van der Waals surface area contributed by atoms with Gasteiger partial charge in [0.05, 0.1) is 19.6 Å². The van der Waals surface area contributed by atoms with Crippen LogP contribution in [0.15, 0.2) is 69.9 Å². The van der Waals surface area contributed by atoms with Crippen LogP contribution in [0.3, 0.4) is 0 Å². The van der Waals surface area contributed by atoms with Crippen molar-refractivity contribution < 1.29 is 13.9 Å². The molecule has 3 aromatic carbocycles. The van der Waals surface area contributed by atoms with E-state index in [9.17, 15) is 4.79 Å². The molecular weight excluding hydrogens is 316 g/mol. The largest absolute Gasteiger partial charge is 0.493 e.